The number of para-hydroxylation sites is 1. The first kappa shape index (κ1) is 15.5. The number of aromatic nitrogens is 2. The standard InChI is InChI=1S/C18H12FN3O2S/c19-12-7-5-11(6-8-12)15-9-13(22-24-15)10-20-17(23)18-21-14-3-1-2-4-16(14)25-18/h1-9H,10H2,(H,20,23). The van der Waals surface area contributed by atoms with Crippen LogP contribution in [0.4, 0.5) is 4.39 Å². The van der Waals surface area contributed by atoms with Crippen LogP contribution in [0.1, 0.15) is 15.5 Å². The van der Waals surface area contributed by atoms with Crippen LogP contribution in [0.25, 0.3) is 21.5 Å². The number of halogens is 1. The van der Waals surface area contributed by atoms with E-state index in [4.69, 9.17) is 4.52 Å². The van der Waals surface area contributed by atoms with Gasteiger partial charge >= 0.3 is 0 Å². The Hall–Kier alpha value is -3.06. The summed E-state index contributed by atoms with van der Waals surface area (Å²) in [6.45, 7) is 0.222. The summed E-state index contributed by atoms with van der Waals surface area (Å²) >= 11 is 1.34. The second kappa shape index (κ2) is 6.45. The Labute approximate surface area is 146 Å². The number of hydrogen-bond acceptors (Lipinski definition) is 5. The zero-order chi connectivity index (χ0) is 17.2. The topological polar surface area (TPSA) is 68.0 Å². The van der Waals surface area contributed by atoms with Gasteiger partial charge in [-0.25, -0.2) is 9.37 Å². The van der Waals surface area contributed by atoms with E-state index in [1.54, 1.807) is 18.2 Å². The molecule has 124 valence electrons. The van der Waals surface area contributed by atoms with Gasteiger partial charge in [-0.2, -0.15) is 0 Å². The molecule has 0 bridgehead atoms. The van der Waals surface area contributed by atoms with Gasteiger partial charge in [0.05, 0.1) is 16.8 Å². The van der Waals surface area contributed by atoms with E-state index in [1.165, 1.54) is 23.5 Å². The maximum Gasteiger partial charge on any atom is 0.280 e. The Bertz CT molecular complexity index is 1010. The summed E-state index contributed by atoms with van der Waals surface area (Å²) in [7, 11) is 0. The fourth-order valence-corrected chi connectivity index (χ4v) is 3.24. The molecule has 0 fully saturated rings. The Morgan fingerprint density at radius 1 is 1.16 bits per heavy atom. The molecule has 0 aliphatic heterocycles. The summed E-state index contributed by atoms with van der Waals surface area (Å²) in [6, 6.07) is 15.2. The normalized spacial score (nSPS) is 10.9. The van der Waals surface area contributed by atoms with E-state index in [9.17, 15) is 9.18 Å². The van der Waals surface area contributed by atoms with Crippen molar-refractivity contribution in [3.63, 3.8) is 0 Å². The van der Waals surface area contributed by atoms with Gasteiger partial charge in [-0.15, -0.1) is 11.3 Å². The van der Waals surface area contributed by atoms with Crippen LogP contribution >= 0.6 is 11.3 Å². The molecule has 0 saturated heterocycles. The van der Waals surface area contributed by atoms with Gasteiger partial charge < -0.3 is 9.84 Å². The highest BCUT2D eigenvalue weighted by atomic mass is 32.1. The fourth-order valence-electron chi connectivity index (χ4n) is 2.36. The van der Waals surface area contributed by atoms with Crippen LogP contribution < -0.4 is 5.32 Å². The molecule has 1 amide bonds. The van der Waals surface area contributed by atoms with E-state index >= 15 is 0 Å². The zero-order valence-electron chi connectivity index (χ0n) is 12.9. The highest BCUT2D eigenvalue weighted by Crippen LogP contribution is 2.22. The number of nitrogens with zero attached hydrogens (tertiary/aromatic N) is 2. The molecule has 0 aliphatic rings. The fraction of sp³-hybridized carbons (Fsp3) is 0.0556. The van der Waals surface area contributed by atoms with Crippen molar-refractivity contribution in [3.05, 3.63) is 71.1 Å². The first-order valence-electron chi connectivity index (χ1n) is 7.54. The quantitative estimate of drug-likeness (QED) is 0.602. The van der Waals surface area contributed by atoms with Crippen molar-refractivity contribution < 1.29 is 13.7 Å². The lowest BCUT2D eigenvalue weighted by atomic mass is 10.1. The van der Waals surface area contributed by atoms with Crippen LogP contribution in [0.5, 0.6) is 0 Å². The molecule has 0 unspecified atom stereocenters. The van der Waals surface area contributed by atoms with Crippen molar-refractivity contribution in [3.8, 4) is 11.3 Å². The van der Waals surface area contributed by atoms with Crippen LogP contribution in [0.3, 0.4) is 0 Å². The van der Waals surface area contributed by atoms with Gasteiger partial charge in [0.15, 0.2) is 10.8 Å². The Morgan fingerprint density at radius 3 is 2.76 bits per heavy atom. The summed E-state index contributed by atoms with van der Waals surface area (Å²) in [6.07, 6.45) is 0. The predicted octanol–water partition coefficient (Wildman–Crippen LogP) is 4.02. The van der Waals surface area contributed by atoms with Gasteiger partial charge in [0.25, 0.3) is 5.91 Å². The van der Waals surface area contributed by atoms with Crippen LogP contribution in [0.15, 0.2) is 59.1 Å². The molecule has 7 heteroatoms. The number of fused-ring (bicyclic) bond motifs is 1. The van der Waals surface area contributed by atoms with Crippen molar-refractivity contribution >= 4 is 27.5 Å². The molecule has 25 heavy (non-hydrogen) atoms. The molecule has 0 aliphatic carbocycles. The summed E-state index contributed by atoms with van der Waals surface area (Å²) in [5.41, 5.74) is 2.10. The average molecular weight is 353 g/mol. The molecule has 1 N–H and O–H groups in total. The van der Waals surface area contributed by atoms with Crippen molar-refractivity contribution in [2.45, 2.75) is 6.54 Å². The molecule has 0 radical (unpaired) electrons. The lowest BCUT2D eigenvalue weighted by Gasteiger charge is -1.98. The zero-order valence-corrected chi connectivity index (χ0v) is 13.7. The monoisotopic (exact) mass is 353 g/mol. The van der Waals surface area contributed by atoms with Crippen molar-refractivity contribution in [2.24, 2.45) is 0 Å². The molecular formula is C18H12FN3O2S. The van der Waals surface area contributed by atoms with E-state index in [-0.39, 0.29) is 18.3 Å². The van der Waals surface area contributed by atoms with Crippen LogP contribution in [0.2, 0.25) is 0 Å². The Kier molecular flexibility index (Phi) is 3.99. The lowest BCUT2D eigenvalue weighted by molar-refractivity contribution is 0.0950. The maximum absolute atomic E-state index is 13.0. The minimum absolute atomic E-state index is 0.222. The third-order valence-corrected chi connectivity index (χ3v) is 4.64. The second-order valence-corrected chi connectivity index (χ2v) is 6.39. The molecular weight excluding hydrogens is 341 g/mol. The van der Waals surface area contributed by atoms with Crippen molar-refractivity contribution in [1.29, 1.82) is 0 Å². The van der Waals surface area contributed by atoms with E-state index in [0.717, 1.165) is 15.8 Å². The van der Waals surface area contributed by atoms with E-state index in [1.807, 2.05) is 24.3 Å². The second-order valence-electron chi connectivity index (χ2n) is 5.36. The van der Waals surface area contributed by atoms with Gasteiger partial charge in [-0.05, 0) is 36.4 Å². The van der Waals surface area contributed by atoms with Crippen molar-refractivity contribution in [1.82, 2.24) is 15.5 Å². The summed E-state index contributed by atoms with van der Waals surface area (Å²) in [4.78, 5) is 16.6. The number of carbonyl (C=O) groups excluding carboxylic acids is 1. The Morgan fingerprint density at radius 2 is 1.96 bits per heavy atom. The molecule has 4 rings (SSSR count). The summed E-state index contributed by atoms with van der Waals surface area (Å²) < 4.78 is 19.2. The van der Waals surface area contributed by atoms with E-state index < -0.39 is 0 Å². The molecule has 0 spiro atoms. The van der Waals surface area contributed by atoms with Gasteiger partial charge in [-0.1, -0.05) is 17.3 Å². The third-order valence-electron chi connectivity index (χ3n) is 3.61. The van der Waals surface area contributed by atoms with E-state index in [2.05, 4.69) is 15.5 Å². The number of amides is 1. The number of thiazole rings is 1. The number of rotatable bonds is 4. The molecule has 0 atom stereocenters. The molecule has 4 aromatic rings. The number of benzene rings is 2. The van der Waals surface area contributed by atoms with Crippen LogP contribution in [-0.2, 0) is 6.54 Å². The third kappa shape index (κ3) is 3.27. The van der Waals surface area contributed by atoms with Gasteiger partial charge in [-0.3, -0.25) is 4.79 Å². The Balaban J connectivity index is 1.44. The number of hydrogen-bond donors (Lipinski definition) is 1. The maximum atomic E-state index is 13.0. The SMILES string of the molecule is O=C(NCc1cc(-c2ccc(F)cc2)on1)c1nc2ccccc2s1. The van der Waals surface area contributed by atoms with Gasteiger partial charge in [0.2, 0.25) is 0 Å². The predicted molar refractivity (Wildman–Crippen MR) is 92.7 cm³/mol. The first-order chi connectivity index (χ1) is 12.2. The minimum atomic E-state index is -0.313. The van der Waals surface area contributed by atoms with Crippen LogP contribution in [-0.4, -0.2) is 16.0 Å². The average Bonchev–Trinajstić information content (AvgIpc) is 3.27. The van der Waals surface area contributed by atoms with Crippen LogP contribution in [0, 0.1) is 5.82 Å². The largest absolute Gasteiger partial charge is 0.356 e. The molecule has 2 aromatic heterocycles. The lowest BCUT2D eigenvalue weighted by Crippen LogP contribution is -2.22. The first-order valence-corrected chi connectivity index (χ1v) is 8.36. The van der Waals surface area contributed by atoms with Crippen molar-refractivity contribution in [2.75, 3.05) is 0 Å². The van der Waals surface area contributed by atoms with Gasteiger partial charge in [0.1, 0.15) is 11.5 Å². The number of carbonyl (C=O) groups is 1. The number of nitrogens with one attached hydrogen (secondary N) is 1. The molecule has 0 saturated carbocycles. The molecule has 2 aromatic carbocycles. The highest BCUT2D eigenvalue weighted by molar-refractivity contribution is 7.20. The minimum Gasteiger partial charge on any atom is -0.356 e. The highest BCUT2D eigenvalue weighted by Gasteiger charge is 2.13. The summed E-state index contributed by atoms with van der Waals surface area (Å²) in [5.74, 6) is -0.0524. The smallest absolute Gasteiger partial charge is 0.280 e. The molecule has 5 nitrogen and oxygen atoms in total. The van der Waals surface area contributed by atoms with Gasteiger partial charge in [0, 0.05) is 11.6 Å². The van der Waals surface area contributed by atoms with E-state index in [0.29, 0.717) is 16.5 Å². The summed E-state index contributed by atoms with van der Waals surface area (Å²) in [5, 5.41) is 7.11. The molecule has 2 heterocycles.